The summed E-state index contributed by atoms with van der Waals surface area (Å²) < 4.78 is 0. The molecule has 1 heterocycles. The van der Waals surface area contributed by atoms with Crippen molar-refractivity contribution < 1.29 is 4.79 Å². The Morgan fingerprint density at radius 2 is 1.93 bits per heavy atom. The molecule has 15 heavy (non-hydrogen) atoms. The van der Waals surface area contributed by atoms with E-state index in [1.165, 1.54) is 0 Å². The van der Waals surface area contributed by atoms with E-state index in [9.17, 15) is 4.79 Å². The van der Waals surface area contributed by atoms with Gasteiger partial charge in [-0.2, -0.15) is 0 Å². The largest absolute Gasteiger partial charge is 0.341 e. The highest BCUT2D eigenvalue weighted by Gasteiger charge is 2.15. The lowest BCUT2D eigenvalue weighted by Crippen LogP contribution is -2.29. The molecule has 0 saturated heterocycles. The van der Waals surface area contributed by atoms with Gasteiger partial charge in [0.2, 0.25) is 0 Å². The zero-order valence-electron chi connectivity index (χ0n) is 8.53. The van der Waals surface area contributed by atoms with E-state index < -0.39 is 0 Å². The number of carbonyl (C=O) groups excluding carboxylic acids is 1. The summed E-state index contributed by atoms with van der Waals surface area (Å²) in [7, 11) is 0. The third-order valence-corrected chi connectivity index (χ3v) is 2.61. The van der Waals surface area contributed by atoms with E-state index in [0.29, 0.717) is 18.0 Å². The van der Waals surface area contributed by atoms with Gasteiger partial charge < -0.3 is 4.90 Å². The molecular weight excluding hydrogens is 210 g/mol. The van der Waals surface area contributed by atoms with Crippen LogP contribution in [0.4, 0.5) is 5.69 Å². The predicted molar refractivity (Wildman–Crippen MR) is 62.2 cm³/mol. The first-order valence-electron chi connectivity index (χ1n) is 4.86. The second-order valence-electron chi connectivity index (χ2n) is 3.80. The molecule has 3 heteroatoms. The Morgan fingerprint density at radius 3 is 2.53 bits per heavy atom. The number of hydrogen-bond acceptors (Lipinski definition) is 2. The summed E-state index contributed by atoms with van der Waals surface area (Å²) in [4.78, 5) is 13.4. The average Bonchev–Trinajstić information content (AvgIpc) is 2.17. The van der Waals surface area contributed by atoms with Gasteiger partial charge in [0.15, 0.2) is 5.78 Å². The van der Waals surface area contributed by atoms with Crippen molar-refractivity contribution in [3.63, 3.8) is 0 Å². The molecule has 1 aliphatic heterocycles. The summed E-state index contributed by atoms with van der Waals surface area (Å²) in [5.74, 6) is 0.255. The first kappa shape index (κ1) is 10.2. The lowest BCUT2D eigenvalue weighted by Gasteiger charge is -2.24. The lowest BCUT2D eigenvalue weighted by atomic mass is 10.1. The first-order valence-corrected chi connectivity index (χ1v) is 5.24. The van der Waals surface area contributed by atoms with Gasteiger partial charge in [-0.05, 0) is 36.8 Å². The number of carbonyl (C=O) groups is 1. The van der Waals surface area contributed by atoms with Crippen LogP contribution < -0.4 is 4.90 Å². The van der Waals surface area contributed by atoms with Crippen molar-refractivity contribution in [2.24, 2.45) is 0 Å². The summed E-state index contributed by atoms with van der Waals surface area (Å²) in [6, 6.07) is 7.51. The van der Waals surface area contributed by atoms with E-state index >= 15 is 0 Å². The number of nitrogens with zero attached hydrogens (tertiary/aromatic N) is 1. The minimum absolute atomic E-state index is 0.255. The second-order valence-corrected chi connectivity index (χ2v) is 4.23. The van der Waals surface area contributed by atoms with E-state index in [4.69, 9.17) is 11.6 Å². The fraction of sp³-hybridized carbons (Fsp3) is 0.250. The Labute approximate surface area is 94.2 Å². The van der Waals surface area contributed by atoms with E-state index in [1.807, 2.05) is 42.3 Å². The Hall–Kier alpha value is -1.28. The van der Waals surface area contributed by atoms with E-state index in [-0.39, 0.29) is 5.78 Å². The number of anilines is 1. The molecule has 1 aromatic rings. The number of hydrogen-bond donors (Lipinski definition) is 0. The molecule has 0 N–H and O–H groups in total. The normalized spacial score (nSPS) is 16.5. The molecular formula is C12H12ClNO. The third kappa shape index (κ3) is 2.39. The maximum Gasteiger partial charge on any atom is 0.156 e. The van der Waals surface area contributed by atoms with Gasteiger partial charge in [0, 0.05) is 23.3 Å². The number of ketones is 1. The van der Waals surface area contributed by atoms with Crippen molar-refractivity contribution in [3.8, 4) is 0 Å². The zero-order valence-corrected chi connectivity index (χ0v) is 9.29. The van der Waals surface area contributed by atoms with Gasteiger partial charge >= 0.3 is 0 Å². The predicted octanol–water partition coefficient (Wildman–Crippen LogP) is 3.02. The summed E-state index contributed by atoms with van der Waals surface area (Å²) in [5.41, 5.74) is 2.10. The molecule has 1 aliphatic rings. The van der Waals surface area contributed by atoms with Crippen LogP contribution in [0.3, 0.4) is 0 Å². The van der Waals surface area contributed by atoms with Crippen LogP contribution in [0.2, 0.25) is 5.02 Å². The van der Waals surface area contributed by atoms with Crippen LogP contribution in [0.5, 0.6) is 0 Å². The van der Waals surface area contributed by atoms with Crippen LogP contribution in [0.15, 0.2) is 36.0 Å². The van der Waals surface area contributed by atoms with E-state index in [2.05, 4.69) is 0 Å². The smallest absolute Gasteiger partial charge is 0.156 e. The molecule has 0 unspecified atom stereocenters. The number of allylic oxidation sites excluding steroid dienone is 1. The van der Waals surface area contributed by atoms with E-state index in [1.54, 1.807) is 0 Å². The summed E-state index contributed by atoms with van der Waals surface area (Å²) >= 11 is 5.81. The van der Waals surface area contributed by atoms with Crippen LogP contribution in [0.1, 0.15) is 13.3 Å². The first-order chi connectivity index (χ1) is 7.15. The number of Topliss-reactive ketones (excluding diaryl/α,β-unsaturated/α-hetero) is 1. The van der Waals surface area contributed by atoms with Gasteiger partial charge in [0.25, 0.3) is 0 Å². The van der Waals surface area contributed by atoms with E-state index in [0.717, 1.165) is 11.3 Å². The fourth-order valence-electron chi connectivity index (χ4n) is 1.71. The molecule has 0 aliphatic carbocycles. The SMILES string of the molecule is CC1=CN(c2ccc(Cl)cc2)CC(=O)C1. The van der Waals surface area contributed by atoms with Crippen LogP contribution in [-0.4, -0.2) is 12.3 Å². The fourth-order valence-corrected chi connectivity index (χ4v) is 1.84. The van der Waals surface area contributed by atoms with Crippen molar-refractivity contribution >= 4 is 23.1 Å². The molecule has 0 radical (unpaired) electrons. The van der Waals surface area contributed by atoms with Gasteiger partial charge in [-0.25, -0.2) is 0 Å². The van der Waals surface area contributed by atoms with Crippen molar-refractivity contribution in [1.82, 2.24) is 0 Å². The van der Waals surface area contributed by atoms with Crippen LogP contribution in [-0.2, 0) is 4.79 Å². The number of benzene rings is 1. The monoisotopic (exact) mass is 221 g/mol. The minimum Gasteiger partial charge on any atom is -0.341 e. The topological polar surface area (TPSA) is 20.3 Å². The van der Waals surface area contributed by atoms with Crippen molar-refractivity contribution in [3.05, 3.63) is 41.1 Å². The Balaban J connectivity index is 2.27. The Kier molecular flexibility index (Phi) is 2.78. The molecule has 2 nitrogen and oxygen atoms in total. The molecule has 0 saturated carbocycles. The quantitative estimate of drug-likeness (QED) is 0.727. The molecule has 0 bridgehead atoms. The van der Waals surface area contributed by atoms with Gasteiger partial charge in [-0.15, -0.1) is 0 Å². The van der Waals surface area contributed by atoms with Crippen molar-refractivity contribution in [2.45, 2.75) is 13.3 Å². The molecule has 0 amide bonds. The highest BCUT2D eigenvalue weighted by Crippen LogP contribution is 2.22. The van der Waals surface area contributed by atoms with Crippen LogP contribution in [0, 0.1) is 0 Å². The highest BCUT2D eigenvalue weighted by molar-refractivity contribution is 6.30. The van der Waals surface area contributed by atoms with Gasteiger partial charge in [0.1, 0.15) is 0 Å². The summed E-state index contributed by atoms with van der Waals surface area (Å²) in [6.45, 7) is 2.43. The average molecular weight is 222 g/mol. The summed E-state index contributed by atoms with van der Waals surface area (Å²) in [6.07, 6.45) is 2.59. The molecule has 0 spiro atoms. The van der Waals surface area contributed by atoms with Gasteiger partial charge in [0.05, 0.1) is 6.54 Å². The molecule has 78 valence electrons. The minimum atomic E-state index is 0.255. The molecule has 0 fully saturated rings. The van der Waals surface area contributed by atoms with Gasteiger partial charge in [-0.1, -0.05) is 11.6 Å². The summed E-state index contributed by atoms with van der Waals surface area (Å²) in [5, 5.41) is 0.711. The number of halogens is 1. The standard InChI is InChI=1S/C12H12ClNO/c1-9-6-12(15)8-14(7-9)11-4-2-10(13)3-5-11/h2-5,7H,6,8H2,1H3. The third-order valence-electron chi connectivity index (χ3n) is 2.36. The molecule has 0 aromatic heterocycles. The Morgan fingerprint density at radius 1 is 1.27 bits per heavy atom. The van der Waals surface area contributed by atoms with Crippen molar-refractivity contribution in [2.75, 3.05) is 11.4 Å². The number of rotatable bonds is 1. The van der Waals surface area contributed by atoms with Gasteiger partial charge in [-0.3, -0.25) is 4.79 Å². The van der Waals surface area contributed by atoms with Crippen LogP contribution in [0.25, 0.3) is 0 Å². The molecule has 1 aromatic carbocycles. The lowest BCUT2D eigenvalue weighted by molar-refractivity contribution is -0.117. The maximum absolute atomic E-state index is 11.4. The molecule has 2 rings (SSSR count). The zero-order chi connectivity index (χ0) is 10.8. The molecule has 0 atom stereocenters. The maximum atomic E-state index is 11.4. The van der Waals surface area contributed by atoms with Crippen LogP contribution >= 0.6 is 11.6 Å². The highest BCUT2D eigenvalue weighted by atomic mass is 35.5. The van der Waals surface area contributed by atoms with Crippen molar-refractivity contribution in [1.29, 1.82) is 0 Å². The Bertz CT molecular complexity index is 408. The second kappa shape index (κ2) is 4.07.